The summed E-state index contributed by atoms with van der Waals surface area (Å²) in [5.41, 5.74) is 0.0521. The number of likely N-dealkylation sites (tertiary alicyclic amines) is 1. The number of piperidine rings is 1. The molecule has 1 saturated heterocycles. The minimum Gasteiger partial charge on any atom is -0.452 e. The smallest absolute Gasteiger partial charge is 0.340 e. The van der Waals surface area contributed by atoms with Crippen molar-refractivity contribution in [2.45, 2.75) is 20.3 Å². The van der Waals surface area contributed by atoms with Gasteiger partial charge in [-0.05, 0) is 36.5 Å². The summed E-state index contributed by atoms with van der Waals surface area (Å²) in [6.07, 6.45) is 1.09. The lowest BCUT2D eigenvalue weighted by atomic mass is 9.92. The van der Waals surface area contributed by atoms with Gasteiger partial charge in [0.1, 0.15) is 5.82 Å². The molecule has 2 unspecified atom stereocenters. The number of esters is 1. The first kappa shape index (κ1) is 16.7. The Hall–Kier alpha value is -1.62. The number of rotatable bonds is 3. The van der Waals surface area contributed by atoms with E-state index < -0.39 is 11.8 Å². The molecule has 0 aliphatic carbocycles. The molecular weight excluding hydrogens is 309 g/mol. The number of nitrogens with zero attached hydrogens (tertiary/aromatic N) is 1. The topological polar surface area (TPSA) is 46.6 Å². The van der Waals surface area contributed by atoms with Crippen molar-refractivity contribution in [2.24, 2.45) is 11.8 Å². The number of hydrogen-bond acceptors (Lipinski definition) is 3. The third-order valence-corrected chi connectivity index (χ3v) is 4.01. The van der Waals surface area contributed by atoms with E-state index in [0.717, 1.165) is 18.6 Å². The highest BCUT2D eigenvalue weighted by Gasteiger charge is 2.26. The van der Waals surface area contributed by atoms with E-state index in [4.69, 9.17) is 16.3 Å². The molecule has 6 heteroatoms. The predicted molar refractivity (Wildman–Crippen MR) is 81.2 cm³/mol. The van der Waals surface area contributed by atoms with E-state index >= 15 is 0 Å². The number of halogens is 2. The van der Waals surface area contributed by atoms with Crippen LogP contribution in [-0.4, -0.2) is 36.5 Å². The Labute approximate surface area is 134 Å². The third kappa shape index (κ3) is 4.19. The fourth-order valence-electron chi connectivity index (χ4n) is 2.82. The largest absolute Gasteiger partial charge is 0.452 e. The van der Waals surface area contributed by atoms with Gasteiger partial charge in [0.05, 0.1) is 10.6 Å². The molecule has 0 spiro atoms. The van der Waals surface area contributed by atoms with Gasteiger partial charge >= 0.3 is 5.97 Å². The number of hydrogen-bond donors (Lipinski definition) is 0. The normalized spacial score (nSPS) is 21.5. The SMILES string of the molecule is CC1CC(C)CN(C(=O)COC(=O)c2ccc(F)cc2Cl)C1. The van der Waals surface area contributed by atoms with E-state index in [1.54, 1.807) is 4.90 Å². The second kappa shape index (κ2) is 7.09. The van der Waals surface area contributed by atoms with Gasteiger partial charge in [-0.15, -0.1) is 0 Å². The number of carbonyl (C=O) groups excluding carboxylic acids is 2. The van der Waals surface area contributed by atoms with Crippen LogP contribution in [0, 0.1) is 17.7 Å². The molecule has 2 atom stereocenters. The molecule has 1 heterocycles. The van der Waals surface area contributed by atoms with E-state index in [0.29, 0.717) is 24.9 Å². The van der Waals surface area contributed by atoms with Gasteiger partial charge in [0.2, 0.25) is 0 Å². The van der Waals surface area contributed by atoms with Crippen LogP contribution < -0.4 is 0 Å². The van der Waals surface area contributed by atoms with Crippen LogP contribution in [0.5, 0.6) is 0 Å². The van der Waals surface area contributed by atoms with Gasteiger partial charge in [0.15, 0.2) is 6.61 Å². The molecule has 1 aliphatic rings. The van der Waals surface area contributed by atoms with Gasteiger partial charge in [-0.2, -0.15) is 0 Å². The molecule has 120 valence electrons. The Morgan fingerprint density at radius 3 is 2.55 bits per heavy atom. The summed E-state index contributed by atoms with van der Waals surface area (Å²) < 4.78 is 17.9. The molecule has 4 nitrogen and oxygen atoms in total. The van der Waals surface area contributed by atoms with E-state index in [1.807, 2.05) is 0 Å². The predicted octanol–water partition coefficient (Wildman–Crippen LogP) is 3.14. The molecule has 0 saturated carbocycles. The van der Waals surface area contributed by atoms with Gasteiger partial charge in [-0.25, -0.2) is 9.18 Å². The fourth-order valence-corrected chi connectivity index (χ4v) is 3.06. The Balaban J connectivity index is 1.91. The molecule has 22 heavy (non-hydrogen) atoms. The summed E-state index contributed by atoms with van der Waals surface area (Å²) in [6, 6.07) is 3.40. The fraction of sp³-hybridized carbons (Fsp3) is 0.500. The zero-order valence-electron chi connectivity index (χ0n) is 12.6. The minimum atomic E-state index is -0.726. The van der Waals surface area contributed by atoms with E-state index in [2.05, 4.69) is 13.8 Å². The second-order valence-corrected chi connectivity index (χ2v) is 6.35. The van der Waals surface area contributed by atoms with Crippen LogP contribution in [0.1, 0.15) is 30.6 Å². The molecule has 2 rings (SSSR count). The quantitative estimate of drug-likeness (QED) is 0.801. The van der Waals surface area contributed by atoms with Crippen molar-refractivity contribution >= 4 is 23.5 Å². The average molecular weight is 328 g/mol. The average Bonchev–Trinajstić information content (AvgIpc) is 2.43. The molecule has 1 fully saturated rings. The summed E-state index contributed by atoms with van der Waals surface area (Å²) in [4.78, 5) is 25.7. The van der Waals surface area contributed by atoms with Crippen LogP contribution in [-0.2, 0) is 9.53 Å². The van der Waals surface area contributed by atoms with Crippen LogP contribution >= 0.6 is 11.6 Å². The summed E-state index contributed by atoms with van der Waals surface area (Å²) in [5.74, 6) is -0.597. The standard InChI is InChI=1S/C16H19ClFNO3/c1-10-5-11(2)8-19(7-10)15(20)9-22-16(21)13-4-3-12(18)6-14(13)17/h3-4,6,10-11H,5,7-9H2,1-2H3. The molecule has 1 aromatic carbocycles. The highest BCUT2D eigenvalue weighted by molar-refractivity contribution is 6.33. The molecule has 1 amide bonds. The molecular formula is C16H19ClFNO3. The van der Waals surface area contributed by atoms with Crippen LogP contribution in [0.15, 0.2) is 18.2 Å². The Kier molecular flexibility index (Phi) is 5.40. The first-order valence-corrected chi connectivity index (χ1v) is 7.64. The Morgan fingerprint density at radius 1 is 1.32 bits per heavy atom. The van der Waals surface area contributed by atoms with Crippen LogP contribution in [0.4, 0.5) is 4.39 Å². The molecule has 1 aliphatic heterocycles. The molecule has 0 aromatic heterocycles. The summed E-state index contributed by atoms with van der Waals surface area (Å²) in [5, 5.41) is -0.0299. The van der Waals surface area contributed by atoms with Crippen molar-refractivity contribution in [1.29, 1.82) is 0 Å². The second-order valence-electron chi connectivity index (χ2n) is 5.95. The van der Waals surface area contributed by atoms with Crippen LogP contribution in [0.25, 0.3) is 0 Å². The molecule has 0 N–H and O–H groups in total. The van der Waals surface area contributed by atoms with Gasteiger partial charge in [0, 0.05) is 13.1 Å². The summed E-state index contributed by atoms with van der Waals surface area (Å²) in [7, 11) is 0. The van der Waals surface area contributed by atoms with Crippen molar-refractivity contribution < 1.29 is 18.7 Å². The number of ether oxygens (including phenoxy) is 1. The van der Waals surface area contributed by atoms with Crippen molar-refractivity contribution in [3.8, 4) is 0 Å². The minimum absolute atomic E-state index is 0.0299. The van der Waals surface area contributed by atoms with Crippen LogP contribution in [0.2, 0.25) is 5.02 Å². The number of benzene rings is 1. The lowest BCUT2D eigenvalue weighted by molar-refractivity contribution is -0.137. The monoisotopic (exact) mass is 327 g/mol. The van der Waals surface area contributed by atoms with Crippen molar-refractivity contribution in [1.82, 2.24) is 4.90 Å². The molecule has 0 radical (unpaired) electrons. The zero-order valence-corrected chi connectivity index (χ0v) is 13.4. The van der Waals surface area contributed by atoms with Gasteiger partial charge < -0.3 is 9.64 Å². The van der Waals surface area contributed by atoms with Crippen LogP contribution in [0.3, 0.4) is 0 Å². The summed E-state index contributed by atoms with van der Waals surface area (Å²) in [6.45, 7) is 5.22. The van der Waals surface area contributed by atoms with E-state index in [9.17, 15) is 14.0 Å². The molecule has 1 aromatic rings. The van der Waals surface area contributed by atoms with Crippen molar-refractivity contribution in [3.05, 3.63) is 34.6 Å². The maximum atomic E-state index is 12.9. The third-order valence-electron chi connectivity index (χ3n) is 3.70. The Bertz CT molecular complexity index is 569. The first-order valence-electron chi connectivity index (χ1n) is 7.26. The van der Waals surface area contributed by atoms with Gasteiger partial charge in [-0.1, -0.05) is 25.4 Å². The number of amides is 1. The van der Waals surface area contributed by atoms with Crippen molar-refractivity contribution in [3.63, 3.8) is 0 Å². The lowest BCUT2D eigenvalue weighted by Crippen LogP contribution is -2.44. The Morgan fingerprint density at radius 2 is 1.95 bits per heavy atom. The van der Waals surface area contributed by atoms with Gasteiger partial charge in [0.25, 0.3) is 5.91 Å². The van der Waals surface area contributed by atoms with Crippen molar-refractivity contribution in [2.75, 3.05) is 19.7 Å². The maximum absolute atomic E-state index is 12.9. The highest BCUT2D eigenvalue weighted by Crippen LogP contribution is 2.21. The van der Waals surface area contributed by atoms with Gasteiger partial charge in [-0.3, -0.25) is 4.79 Å². The zero-order chi connectivity index (χ0) is 16.3. The first-order chi connectivity index (χ1) is 10.4. The van der Waals surface area contributed by atoms with E-state index in [-0.39, 0.29) is 23.1 Å². The number of carbonyl (C=O) groups is 2. The molecule has 0 bridgehead atoms. The highest BCUT2D eigenvalue weighted by atomic mass is 35.5. The maximum Gasteiger partial charge on any atom is 0.340 e. The lowest BCUT2D eigenvalue weighted by Gasteiger charge is -2.34. The van der Waals surface area contributed by atoms with E-state index in [1.165, 1.54) is 6.07 Å². The summed E-state index contributed by atoms with van der Waals surface area (Å²) >= 11 is 5.79.